The van der Waals surface area contributed by atoms with Gasteiger partial charge in [0.05, 0.1) is 11.3 Å². The van der Waals surface area contributed by atoms with Crippen LogP contribution in [-0.4, -0.2) is 29.5 Å². The molecule has 0 bridgehead atoms. The Morgan fingerprint density at radius 2 is 1.66 bits per heavy atom. The predicted octanol–water partition coefficient (Wildman–Crippen LogP) is 5.77. The summed E-state index contributed by atoms with van der Waals surface area (Å²) >= 11 is 5.45. The largest absolute Gasteiger partial charge is 0.419 e. The van der Waals surface area contributed by atoms with Gasteiger partial charge in [-0.2, -0.15) is 13.2 Å². The fraction of sp³-hybridized carbons (Fsp3) is 0.400. The number of amides is 2. The molecular formula is C25H29F4N3O2S. The van der Waals surface area contributed by atoms with Crippen molar-refractivity contribution in [1.29, 1.82) is 0 Å². The minimum atomic E-state index is -4.92. The summed E-state index contributed by atoms with van der Waals surface area (Å²) in [6, 6.07) is 9.21. The molecule has 0 saturated carbocycles. The number of thiocarbonyl (C=S) groups is 1. The van der Waals surface area contributed by atoms with Crippen LogP contribution in [0.1, 0.15) is 50.8 Å². The van der Waals surface area contributed by atoms with E-state index >= 15 is 4.39 Å². The molecule has 5 nitrogen and oxygen atoms in total. The van der Waals surface area contributed by atoms with Gasteiger partial charge in [0.25, 0.3) is 5.91 Å². The third kappa shape index (κ3) is 5.47. The Bertz CT molecular complexity index is 1110. The molecular weight excluding hydrogens is 482 g/mol. The van der Waals surface area contributed by atoms with E-state index < -0.39 is 34.7 Å². The summed E-state index contributed by atoms with van der Waals surface area (Å²) in [7, 11) is 1.55. The van der Waals surface area contributed by atoms with Crippen LogP contribution in [0.4, 0.5) is 28.9 Å². The molecule has 2 aromatic carbocycles. The van der Waals surface area contributed by atoms with Gasteiger partial charge in [0.15, 0.2) is 10.9 Å². The highest BCUT2D eigenvalue weighted by Gasteiger charge is 2.51. The Balaban J connectivity index is 0.00000210. The van der Waals surface area contributed by atoms with Crippen LogP contribution in [0.5, 0.6) is 0 Å². The van der Waals surface area contributed by atoms with E-state index in [0.717, 1.165) is 29.5 Å². The molecule has 0 atom stereocenters. The van der Waals surface area contributed by atoms with E-state index in [1.54, 1.807) is 45.2 Å². The predicted molar refractivity (Wildman–Crippen MR) is 133 cm³/mol. The van der Waals surface area contributed by atoms with Gasteiger partial charge < -0.3 is 10.2 Å². The summed E-state index contributed by atoms with van der Waals surface area (Å²) in [4.78, 5) is 27.0. The van der Waals surface area contributed by atoms with Crippen molar-refractivity contribution in [1.82, 2.24) is 5.32 Å². The Kier molecular flexibility index (Phi) is 8.65. The lowest BCUT2D eigenvalue weighted by Gasteiger charge is -2.29. The monoisotopic (exact) mass is 511 g/mol. The number of anilines is 2. The number of alkyl halides is 3. The average molecular weight is 512 g/mol. The van der Waals surface area contributed by atoms with E-state index in [9.17, 15) is 22.8 Å². The summed E-state index contributed by atoms with van der Waals surface area (Å²) in [6.07, 6.45) is -4.11. The van der Waals surface area contributed by atoms with Gasteiger partial charge in [-0.05, 0) is 68.7 Å². The fourth-order valence-electron chi connectivity index (χ4n) is 3.82. The van der Waals surface area contributed by atoms with Crippen molar-refractivity contribution in [2.45, 2.75) is 59.2 Å². The van der Waals surface area contributed by atoms with Crippen LogP contribution in [0.15, 0.2) is 36.4 Å². The second-order valence-corrected chi connectivity index (χ2v) is 8.61. The summed E-state index contributed by atoms with van der Waals surface area (Å²) in [5, 5.41) is 2.42. The van der Waals surface area contributed by atoms with E-state index in [4.69, 9.17) is 12.2 Å². The Hall–Kier alpha value is -3.01. The number of carbonyl (C=O) groups is 2. The van der Waals surface area contributed by atoms with Crippen LogP contribution in [0.3, 0.4) is 0 Å². The van der Waals surface area contributed by atoms with Crippen LogP contribution < -0.4 is 15.1 Å². The molecule has 10 heteroatoms. The number of carbonyl (C=O) groups excluding carboxylic acids is 2. The number of hydrogen-bond acceptors (Lipinski definition) is 3. The number of rotatable bonds is 5. The fourth-order valence-corrected chi connectivity index (χ4v) is 4.33. The molecule has 35 heavy (non-hydrogen) atoms. The van der Waals surface area contributed by atoms with Crippen LogP contribution in [0.25, 0.3) is 0 Å². The van der Waals surface area contributed by atoms with Crippen LogP contribution in [0, 0.1) is 12.7 Å². The normalized spacial score (nSPS) is 15.1. The maximum atomic E-state index is 15.0. The molecule has 1 aliphatic heterocycles. The van der Waals surface area contributed by atoms with Crippen molar-refractivity contribution in [2.75, 3.05) is 16.8 Å². The molecule has 1 N–H and O–H groups in total. The molecule has 3 rings (SSSR count). The molecule has 2 aromatic rings. The van der Waals surface area contributed by atoms with Gasteiger partial charge in [-0.15, -0.1) is 0 Å². The zero-order chi connectivity index (χ0) is 26.7. The van der Waals surface area contributed by atoms with Crippen LogP contribution in [-0.2, 0) is 22.2 Å². The highest BCUT2D eigenvalue weighted by atomic mass is 32.1. The number of nitrogens with zero attached hydrogens (tertiary/aromatic N) is 2. The highest BCUT2D eigenvalue weighted by molar-refractivity contribution is 7.81. The average Bonchev–Trinajstić information content (AvgIpc) is 2.97. The first kappa shape index (κ1) is 28.2. The number of benzene rings is 2. The first-order valence-electron chi connectivity index (χ1n) is 11.1. The van der Waals surface area contributed by atoms with Crippen molar-refractivity contribution >= 4 is 40.5 Å². The molecule has 0 unspecified atom stereocenters. The maximum Gasteiger partial charge on any atom is 0.419 e. The smallest absolute Gasteiger partial charge is 0.359 e. The lowest BCUT2D eigenvalue weighted by Crippen LogP contribution is -2.44. The Labute approximate surface area is 208 Å². The number of nitrogens with one attached hydrogen (secondary N) is 1. The standard InChI is InChI=1S/C23H23F4N3O2S.C2H6/c1-13-5-11-16(19(24)18(13)23(25,26)27)29-20(32)22(2,3)30(21(29)33)15-9-6-14(7-10-15)8-12-17(31)28-4;1-2/h5-7,9-11H,8,12H2,1-4H3,(H,28,31);1-2H3. The third-order valence-electron chi connectivity index (χ3n) is 5.64. The van der Waals surface area contributed by atoms with Crippen LogP contribution >= 0.6 is 12.2 Å². The van der Waals surface area contributed by atoms with Crippen LogP contribution in [0.2, 0.25) is 0 Å². The van der Waals surface area contributed by atoms with E-state index in [1.807, 2.05) is 13.8 Å². The molecule has 2 amide bonds. The second-order valence-electron chi connectivity index (χ2n) is 8.25. The van der Waals surface area contributed by atoms with E-state index in [0.29, 0.717) is 18.5 Å². The summed E-state index contributed by atoms with van der Waals surface area (Å²) in [5.74, 6) is -2.28. The molecule has 1 aliphatic rings. The third-order valence-corrected chi connectivity index (χ3v) is 6.00. The van der Waals surface area contributed by atoms with Crippen molar-refractivity contribution < 1.29 is 27.2 Å². The van der Waals surface area contributed by atoms with Crippen molar-refractivity contribution in [3.63, 3.8) is 0 Å². The topological polar surface area (TPSA) is 52.7 Å². The van der Waals surface area contributed by atoms with E-state index in [1.165, 1.54) is 4.90 Å². The zero-order valence-electron chi connectivity index (χ0n) is 20.5. The molecule has 0 radical (unpaired) electrons. The van der Waals surface area contributed by atoms with Crippen molar-refractivity contribution in [3.8, 4) is 0 Å². The summed E-state index contributed by atoms with van der Waals surface area (Å²) in [6.45, 7) is 8.29. The van der Waals surface area contributed by atoms with Crippen molar-refractivity contribution in [3.05, 3.63) is 58.9 Å². The Morgan fingerprint density at radius 3 is 2.17 bits per heavy atom. The summed E-state index contributed by atoms with van der Waals surface area (Å²) in [5.41, 5.74) is -2.12. The molecule has 1 fully saturated rings. The number of hydrogen-bond donors (Lipinski definition) is 1. The lowest BCUT2D eigenvalue weighted by atomic mass is 10.0. The summed E-state index contributed by atoms with van der Waals surface area (Å²) < 4.78 is 55.3. The molecule has 1 saturated heterocycles. The van der Waals surface area contributed by atoms with Gasteiger partial charge in [0.2, 0.25) is 5.91 Å². The lowest BCUT2D eigenvalue weighted by molar-refractivity contribution is -0.140. The minimum absolute atomic E-state index is 0.0967. The number of halogens is 4. The first-order valence-corrected chi connectivity index (χ1v) is 11.6. The first-order chi connectivity index (χ1) is 16.3. The van der Waals surface area contributed by atoms with Crippen molar-refractivity contribution in [2.24, 2.45) is 0 Å². The van der Waals surface area contributed by atoms with Gasteiger partial charge in [-0.3, -0.25) is 14.5 Å². The maximum absolute atomic E-state index is 15.0. The SMILES string of the molecule is CC.CNC(=O)CCc1ccc(N2C(=S)N(c3ccc(C)c(C(F)(F)F)c3F)C(=O)C2(C)C)cc1. The van der Waals surface area contributed by atoms with E-state index in [-0.39, 0.29) is 16.6 Å². The van der Waals surface area contributed by atoms with E-state index in [2.05, 4.69) is 5.32 Å². The molecule has 0 spiro atoms. The van der Waals surface area contributed by atoms with Gasteiger partial charge in [-0.1, -0.05) is 32.0 Å². The zero-order valence-corrected chi connectivity index (χ0v) is 21.3. The van der Waals surface area contributed by atoms with Gasteiger partial charge in [0.1, 0.15) is 5.54 Å². The molecule has 0 aliphatic carbocycles. The number of aryl methyl sites for hydroxylation is 2. The van der Waals surface area contributed by atoms with Gasteiger partial charge in [0, 0.05) is 19.2 Å². The molecule has 190 valence electrons. The molecule has 1 heterocycles. The second kappa shape index (κ2) is 10.7. The van der Waals surface area contributed by atoms with Gasteiger partial charge in [-0.25, -0.2) is 4.39 Å². The van der Waals surface area contributed by atoms with Gasteiger partial charge >= 0.3 is 6.18 Å². The Morgan fingerprint density at radius 1 is 1.09 bits per heavy atom. The molecule has 0 aromatic heterocycles. The highest BCUT2D eigenvalue weighted by Crippen LogP contribution is 2.41. The quantitative estimate of drug-likeness (QED) is 0.409. The minimum Gasteiger partial charge on any atom is -0.359 e.